The smallest absolute Gasteiger partial charge is 0.145 e. The van der Waals surface area contributed by atoms with Crippen molar-refractivity contribution < 1.29 is 0 Å². The van der Waals surface area contributed by atoms with Crippen molar-refractivity contribution in [3.63, 3.8) is 0 Å². The normalized spacial score (nSPS) is 11.3. The van der Waals surface area contributed by atoms with Gasteiger partial charge < -0.3 is 0 Å². The van der Waals surface area contributed by atoms with E-state index in [-0.39, 0.29) is 0 Å². The maximum absolute atomic E-state index is 4.79. The lowest BCUT2D eigenvalue weighted by Gasteiger charge is -2.15. The van der Waals surface area contributed by atoms with Crippen molar-refractivity contribution in [2.24, 2.45) is 0 Å². The summed E-state index contributed by atoms with van der Waals surface area (Å²) in [7, 11) is 0. The Morgan fingerprint density at radius 3 is 2.19 bits per heavy atom. The lowest BCUT2D eigenvalue weighted by atomic mass is 10.1. The number of aromatic nitrogens is 2. The van der Waals surface area contributed by atoms with Crippen molar-refractivity contribution in [3.05, 3.63) is 56.8 Å². The Hall–Kier alpha value is -1.61. The third-order valence-corrected chi connectivity index (χ3v) is 4.65. The molecule has 0 bridgehead atoms. The minimum absolute atomic E-state index is 1.05. The molecule has 0 fully saturated rings. The predicted octanol–water partition coefficient (Wildman–Crippen LogP) is 5.33. The van der Waals surface area contributed by atoms with E-state index in [0.29, 0.717) is 0 Å². The summed E-state index contributed by atoms with van der Waals surface area (Å²) in [6.45, 7) is 10.7. The van der Waals surface area contributed by atoms with E-state index in [1.807, 2.05) is 6.92 Å². The number of benzene rings is 1. The van der Waals surface area contributed by atoms with Crippen LogP contribution >= 0.6 is 15.9 Å². The Morgan fingerprint density at radius 1 is 0.952 bits per heavy atom. The third-order valence-electron chi connectivity index (χ3n) is 4.19. The van der Waals surface area contributed by atoms with Crippen LogP contribution in [0.3, 0.4) is 0 Å². The van der Waals surface area contributed by atoms with Crippen LogP contribution in [0.15, 0.2) is 28.7 Å². The van der Waals surface area contributed by atoms with Crippen LogP contribution in [-0.2, 0) is 0 Å². The maximum Gasteiger partial charge on any atom is 0.145 e. The van der Waals surface area contributed by atoms with Gasteiger partial charge in [-0.3, -0.25) is 4.57 Å². The van der Waals surface area contributed by atoms with Crippen LogP contribution in [0.1, 0.15) is 28.1 Å². The molecule has 3 heteroatoms. The lowest BCUT2D eigenvalue weighted by Crippen LogP contribution is -2.03. The van der Waals surface area contributed by atoms with Crippen molar-refractivity contribution in [3.8, 4) is 5.69 Å². The molecule has 0 aliphatic heterocycles. The van der Waals surface area contributed by atoms with Crippen LogP contribution in [0.2, 0.25) is 0 Å². The molecule has 0 N–H and O–H groups in total. The molecule has 21 heavy (non-hydrogen) atoms. The average molecular weight is 343 g/mol. The zero-order valence-corrected chi connectivity index (χ0v) is 14.7. The summed E-state index contributed by atoms with van der Waals surface area (Å²) in [6.07, 6.45) is 0. The van der Waals surface area contributed by atoms with E-state index in [1.54, 1.807) is 0 Å². The van der Waals surface area contributed by atoms with Crippen molar-refractivity contribution >= 4 is 27.0 Å². The van der Waals surface area contributed by atoms with Crippen LogP contribution in [0.5, 0.6) is 0 Å². The SMILES string of the molecule is Cc1ccc2c(C)c(C)n(-c3c(C)cc(Br)cc3C)c2n1. The highest BCUT2D eigenvalue weighted by Gasteiger charge is 2.16. The molecule has 0 radical (unpaired) electrons. The quantitative estimate of drug-likeness (QED) is 0.584. The highest BCUT2D eigenvalue weighted by atomic mass is 79.9. The van der Waals surface area contributed by atoms with Crippen molar-refractivity contribution in [2.45, 2.75) is 34.6 Å². The summed E-state index contributed by atoms with van der Waals surface area (Å²) in [5.41, 5.74) is 8.42. The first kappa shape index (κ1) is 14.3. The fourth-order valence-corrected chi connectivity index (χ4v) is 3.74. The van der Waals surface area contributed by atoms with Gasteiger partial charge in [0, 0.05) is 21.2 Å². The Kier molecular flexibility index (Phi) is 3.40. The number of aryl methyl sites for hydroxylation is 4. The molecule has 0 saturated heterocycles. The minimum Gasteiger partial charge on any atom is -0.298 e. The largest absolute Gasteiger partial charge is 0.298 e. The van der Waals surface area contributed by atoms with E-state index < -0.39 is 0 Å². The monoisotopic (exact) mass is 342 g/mol. The van der Waals surface area contributed by atoms with Crippen LogP contribution in [-0.4, -0.2) is 9.55 Å². The summed E-state index contributed by atoms with van der Waals surface area (Å²) in [5, 5.41) is 1.24. The van der Waals surface area contributed by atoms with Gasteiger partial charge in [0.2, 0.25) is 0 Å². The van der Waals surface area contributed by atoms with E-state index in [1.165, 1.54) is 33.5 Å². The molecule has 3 aromatic rings. The van der Waals surface area contributed by atoms with Gasteiger partial charge in [-0.05, 0) is 75.6 Å². The molecule has 0 amide bonds. The molecular formula is C18H19BrN2. The average Bonchev–Trinajstić information content (AvgIpc) is 2.62. The first-order valence-electron chi connectivity index (χ1n) is 7.12. The molecule has 0 aliphatic rings. The Morgan fingerprint density at radius 2 is 1.57 bits per heavy atom. The summed E-state index contributed by atoms with van der Waals surface area (Å²) in [6, 6.07) is 8.60. The summed E-state index contributed by atoms with van der Waals surface area (Å²) in [4.78, 5) is 4.79. The summed E-state index contributed by atoms with van der Waals surface area (Å²) in [5.74, 6) is 0. The Balaban J connectivity index is 2.46. The molecule has 0 saturated carbocycles. The first-order chi connectivity index (χ1) is 9.90. The summed E-state index contributed by atoms with van der Waals surface area (Å²) < 4.78 is 3.42. The van der Waals surface area contributed by atoms with Gasteiger partial charge in [0.05, 0.1) is 5.69 Å². The van der Waals surface area contributed by atoms with Gasteiger partial charge in [0.25, 0.3) is 0 Å². The molecule has 0 aliphatic carbocycles. The number of rotatable bonds is 1. The standard InChI is InChI=1S/C18H19BrN2/c1-10-8-15(19)9-11(2)17(10)21-14(5)13(4)16-7-6-12(3)20-18(16)21/h6-9H,1-5H3. The highest BCUT2D eigenvalue weighted by molar-refractivity contribution is 9.10. The van der Waals surface area contributed by atoms with Gasteiger partial charge in [-0.2, -0.15) is 0 Å². The molecule has 0 unspecified atom stereocenters. The van der Waals surface area contributed by atoms with Crippen LogP contribution < -0.4 is 0 Å². The van der Waals surface area contributed by atoms with Gasteiger partial charge in [-0.1, -0.05) is 15.9 Å². The van der Waals surface area contributed by atoms with Crippen molar-refractivity contribution in [1.82, 2.24) is 9.55 Å². The van der Waals surface area contributed by atoms with Crippen molar-refractivity contribution in [2.75, 3.05) is 0 Å². The summed E-state index contributed by atoms with van der Waals surface area (Å²) >= 11 is 3.58. The topological polar surface area (TPSA) is 17.8 Å². The van der Waals surface area contributed by atoms with Gasteiger partial charge in [0.1, 0.15) is 5.65 Å². The number of fused-ring (bicyclic) bond motifs is 1. The zero-order chi connectivity index (χ0) is 15.3. The van der Waals surface area contributed by atoms with Gasteiger partial charge in [0.15, 0.2) is 0 Å². The minimum atomic E-state index is 1.05. The second kappa shape index (κ2) is 4.99. The van der Waals surface area contributed by atoms with E-state index in [4.69, 9.17) is 4.98 Å². The predicted molar refractivity (Wildman–Crippen MR) is 92.5 cm³/mol. The third kappa shape index (κ3) is 2.20. The molecule has 2 aromatic heterocycles. The van der Waals surface area contributed by atoms with Gasteiger partial charge >= 0.3 is 0 Å². The second-order valence-electron chi connectivity index (χ2n) is 5.76. The molecule has 2 heterocycles. The highest BCUT2D eigenvalue weighted by Crippen LogP contribution is 2.32. The molecule has 0 atom stereocenters. The number of hydrogen-bond acceptors (Lipinski definition) is 1. The number of halogens is 1. The number of nitrogens with zero attached hydrogens (tertiary/aromatic N) is 2. The van der Waals surface area contributed by atoms with E-state index in [9.17, 15) is 0 Å². The van der Waals surface area contributed by atoms with E-state index in [0.717, 1.165) is 15.8 Å². The van der Waals surface area contributed by atoms with E-state index >= 15 is 0 Å². The van der Waals surface area contributed by atoms with Crippen LogP contribution in [0.25, 0.3) is 16.7 Å². The second-order valence-corrected chi connectivity index (χ2v) is 6.67. The molecular weight excluding hydrogens is 324 g/mol. The molecule has 3 rings (SSSR count). The zero-order valence-electron chi connectivity index (χ0n) is 13.1. The number of hydrogen-bond donors (Lipinski definition) is 0. The number of pyridine rings is 1. The Bertz CT molecular complexity index is 836. The Labute approximate surface area is 134 Å². The van der Waals surface area contributed by atoms with Crippen LogP contribution in [0, 0.1) is 34.6 Å². The fraction of sp³-hybridized carbons (Fsp3) is 0.278. The molecule has 1 aromatic carbocycles. The lowest BCUT2D eigenvalue weighted by molar-refractivity contribution is 0.987. The maximum atomic E-state index is 4.79. The van der Waals surface area contributed by atoms with Crippen LogP contribution in [0.4, 0.5) is 0 Å². The first-order valence-corrected chi connectivity index (χ1v) is 7.92. The molecule has 2 nitrogen and oxygen atoms in total. The van der Waals surface area contributed by atoms with Gasteiger partial charge in [-0.25, -0.2) is 4.98 Å². The van der Waals surface area contributed by atoms with Gasteiger partial charge in [-0.15, -0.1) is 0 Å². The molecule has 108 valence electrons. The molecule has 0 spiro atoms. The fourth-order valence-electron chi connectivity index (χ4n) is 3.06. The van der Waals surface area contributed by atoms with Crippen molar-refractivity contribution in [1.29, 1.82) is 0 Å². The van der Waals surface area contributed by atoms with E-state index in [2.05, 4.69) is 72.5 Å².